The highest BCUT2D eigenvalue weighted by Crippen LogP contribution is 2.15. The number of likely N-dealkylation sites (tertiary alicyclic amines) is 1. The molecule has 88 valence electrons. The van der Waals surface area contributed by atoms with Crippen molar-refractivity contribution in [2.75, 3.05) is 26.3 Å². The first-order chi connectivity index (χ1) is 7.25. The van der Waals surface area contributed by atoms with Gasteiger partial charge in [-0.05, 0) is 45.7 Å². The highest BCUT2D eigenvalue weighted by molar-refractivity contribution is 5.73. The van der Waals surface area contributed by atoms with Gasteiger partial charge in [0, 0.05) is 13.2 Å². The molecule has 1 aliphatic rings. The summed E-state index contributed by atoms with van der Waals surface area (Å²) in [4.78, 5) is 13.1. The number of hydrogen-bond donors (Lipinski definition) is 1. The van der Waals surface area contributed by atoms with Crippen LogP contribution in [-0.2, 0) is 9.53 Å². The van der Waals surface area contributed by atoms with Crippen molar-refractivity contribution >= 4 is 5.97 Å². The maximum atomic E-state index is 11.1. The van der Waals surface area contributed by atoms with E-state index >= 15 is 0 Å². The second kappa shape index (κ2) is 6.80. The number of aliphatic carboxylic acids is 1. The summed E-state index contributed by atoms with van der Waals surface area (Å²) in [5, 5.41) is 9.11. The maximum Gasteiger partial charge on any atom is 0.320 e. The summed E-state index contributed by atoms with van der Waals surface area (Å²) in [7, 11) is 0. The number of hydrogen-bond acceptors (Lipinski definition) is 3. The number of nitrogens with zero attached hydrogens (tertiary/aromatic N) is 1. The van der Waals surface area contributed by atoms with Crippen LogP contribution in [0.2, 0.25) is 0 Å². The normalized spacial score (nSPS) is 19.3. The topological polar surface area (TPSA) is 49.8 Å². The Labute approximate surface area is 91.2 Å². The lowest BCUT2D eigenvalue weighted by molar-refractivity contribution is -0.143. The number of carboxylic acid groups (broad SMARTS) is 1. The van der Waals surface area contributed by atoms with Crippen molar-refractivity contribution in [1.82, 2.24) is 4.90 Å². The fourth-order valence-electron chi connectivity index (χ4n) is 2.04. The molecule has 1 atom stereocenters. The van der Waals surface area contributed by atoms with Crippen LogP contribution in [0.4, 0.5) is 0 Å². The minimum Gasteiger partial charge on any atom is -0.480 e. The summed E-state index contributed by atoms with van der Waals surface area (Å²) < 4.78 is 5.21. The SMILES string of the molecule is CCOCCCC(C(=O)O)N1CCCC1. The molecule has 1 rings (SSSR count). The summed E-state index contributed by atoms with van der Waals surface area (Å²) in [6, 6.07) is -0.298. The molecule has 1 unspecified atom stereocenters. The number of carboxylic acids is 1. The van der Waals surface area contributed by atoms with E-state index in [-0.39, 0.29) is 6.04 Å². The van der Waals surface area contributed by atoms with Gasteiger partial charge in [-0.15, -0.1) is 0 Å². The van der Waals surface area contributed by atoms with Gasteiger partial charge in [0.15, 0.2) is 0 Å². The molecule has 4 nitrogen and oxygen atoms in total. The first-order valence-electron chi connectivity index (χ1n) is 5.80. The largest absolute Gasteiger partial charge is 0.480 e. The van der Waals surface area contributed by atoms with Gasteiger partial charge >= 0.3 is 5.97 Å². The zero-order chi connectivity index (χ0) is 11.1. The van der Waals surface area contributed by atoms with Crippen LogP contribution in [0, 0.1) is 0 Å². The predicted molar refractivity (Wildman–Crippen MR) is 58.0 cm³/mol. The van der Waals surface area contributed by atoms with Gasteiger partial charge in [-0.1, -0.05) is 0 Å². The minimum absolute atomic E-state index is 0.298. The van der Waals surface area contributed by atoms with Gasteiger partial charge in [-0.2, -0.15) is 0 Å². The lowest BCUT2D eigenvalue weighted by Crippen LogP contribution is -2.39. The molecule has 0 bridgehead atoms. The molecule has 0 aliphatic carbocycles. The summed E-state index contributed by atoms with van der Waals surface area (Å²) in [5.74, 6) is -0.687. The third-order valence-electron chi connectivity index (χ3n) is 2.84. The molecule has 15 heavy (non-hydrogen) atoms. The zero-order valence-corrected chi connectivity index (χ0v) is 9.45. The van der Waals surface area contributed by atoms with E-state index in [1.165, 1.54) is 0 Å². The number of rotatable bonds is 7. The Hall–Kier alpha value is -0.610. The van der Waals surface area contributed by atoms with Crippen molar-refractivity contribution in [3.8, 4) is 0 Å². The van der Waals surface area contributed by atoms with Crippen LogP contribution in [0.15, 0.2) is 0 Å². The molecule has 0 spiro atoms. The van der Waals surface area contributed by atoms with E-state index in [2.05, 4.69) is 4.90 Å². The lowest BCUT2D eigenvalue weighted by Gasteiger charge is -2.23. The quantitative estimate of drug-likeness (QED) is 0.651. The molecular weight excluding hydrogens is 194 g/mol. The summed E-state index contributed by atoms with van der Waals surface area (Å²) in [6.07, 6.45) is 3.81. The first-order valence-corrected chi connectivity index (χ1v) is 5.80. The molecule has 1 N–H and O–H groups in total. The molecular formula is C11H21NO3. The fraction of sp³-hybridized carbons (Fsp3) is 0.909. The van der Waals surface area contributed by atoms with Crippen molar-refractivity contribution in [1.29, 1.82) is 0 Å². The molecule has 0 radical (unpaired) electrons. The van der Waals surface area contributed by atoms with E-state index in [4.69, 9.17) is 9.84 Å². The van der Waals surface area contributed by atoms with Crippen molar-refractivity contribution < 1.29 is 14.6 Å². The van der Waals surface area contributed by atoms with Gasteiger partial charge in [-0.3, -0.25) is 9.69 Å². The average molecular weight is 215 g/mol. The molecule has 1 aliphatic heterocycles. The van der Waals surface area contributed by atoms with Crippen molar-refractivity contribution in [2.45, 2.75) is 38.6 Å². The third kappa shape index (κ3) is 4.18. The van der Waals surface area contributed by atoms with Gasteiger partial charge in [0.2, 0.25) is 0 Å². The highest BCUT2D eigenvalue weighted by atomic mass is 16.5. The van der Waals surface area contributed by atoms with Crippen LogP contribution in [0.1, 0.15) is 32.6 Å². The van der Waals surface area contributed by atoms with Crippen molar-refractivity contribution in [3.05, 3.63) is 0 Å². The summed E-state index contributed by atoms with van der Waals surface area (Å²) in [6.45, 7) is 5.21. The number of carbonyl (C=O) groups is 1. The van der Waals surface area contributed by atoms with Gasteiger partial charge < -0.3 is 9.84 Å². The van der Waals surface area contributed by atoms with E-state index in [9.17, 15) is 4.79 Å². The molecule has 4 heteroatoms. The minimum atomic E-state index is -0.687. The smallest absolute Gasteiger partial charge is 0.320 e. The predicted octanol–water partition coefficient (Wildman–Crippen LogP) is 1.35. The number of ether oxygens (including phenoxy) is 1. The van der Waals surface area contributed by atoms with Gasteiger partial charge in [0.05, 0.1) is 0 Å². The van der Waals surface area contributed by atoms with E-state index in [1.54, 1.807) is 0 Å². The molecule has 0 aromatic carbocycles. The Bertz CT molecular complexity index is 190. The second-order valence-corrected chi connectivity index (χ2v) is 3.94. The van der Waals surface area contributed by atoms with Crippen LogP contribution in [0.3, 0.4) is 0 Å². The fourth-order valence-corrected chi connectivity index (χ4v) is 2.04. The first kappa shape index (κ1) is 12.5. The lowest BCUT2D eigenvalue weighted by atomic mass is 10.1. The van der Waals surface area contributed by atoms with Crippen LogP contribution < -0.4 is 0 Å². The molecule has 1 fully saturated rings. The van der Waals surface area contributed by atoms with E-state index < -0.39 is 5.97 Å². The molecule has 0 aromatic rings. The Morgan fingerprint density at radius 3 is 2.67 bits per heavy atom. The van der Waals surface area contributed by atoms with Crippen LogP contribution in [0.5, 0.6) is 0 Å². The van der Waals surface area contributed by atoms with Crippen molar-refractivity contribution in [2.24, 2.45) is 0 Å². The zero-order valence-electron chi connectivity index (χ0n) is 9.45. The van der Waals surface area contributed by atoms with Crippen LogP contribution >= 0.6 is 0 Å². The summed E-state index contributed by atoms with van der Waals surface area (Å²) in [5.41, 5.74) is 0. The van der Waals surface area contributed by atoms with Gasteiger partial charge in [0.1, 0.15) is 6.04 Å². The average Bonchev–Trinajstić information content (AvgIpc) is 2.70. The van der Waals surface area contributed by atoms with Gasteiger partial charge in [0.25, 0.3) is 0 Å². The standard InChI is InChI=1S/C11H21NO3/c1-2-15-9-5-6-10(11(13)14)12-7-3-4-8-12/h10H,2-9H2,1H3,(H,13,14). The van der Waals surface area contributed by atoms with Crippen LogP contribution in [-0.4, -0.2) is 48.3 Å². The second-order valence-electron chi connectivity index (χ2n) is 3.94. The Morgan fingerprint density at radius 2 is 2.13 bits per heavy atom. The molecule has 0 amide bonds. The highest BCUT2D eigenvalue weighted by Gasteiger charge is 2.26. The molecule has 0 aromatic heterocycles. The Balaban J connectivity index is 2.27. The van der Waals surface area contributed by atoms with Crippen molar-refractivity contribution in [3.63, 3.8) is 0 Å². The van der Waals surface area contributed by atoms with E-state index in [0.717, 1.165) is 32.4 Å². The Kier molecular flexibility index (Phi) is 5.65. The van der Waals surface area contributed by atoms with Gasteiger partial charge in [-0.25, -0.2) is 0 Å². The van der Waals surface area contributed by atoms with E-state index in [0.29, 0.717) is 19.6 Å². The Morgan fingerprint density at radius 1 is 1.47 bits per heavy atom. The molecule has 1 saturated heterocycles. The van der Waals surface area contributed by atoms with E-state index in [1.807, 2.05) is 6.92 Å². The maximum absolute atomic E-state index is 11.1. The summed E-state index contributed by atoms with van der Waals surface area (Å²) >= 11 is 0. The molecule has 1 heterocycles. The monoisotopic (exact) mass is 215 g/mol. The third-order valence-corrected chi connectivity index (χ3v) is 2.84. The molecule has 0 saturated carbocycles. The van der Waals surface area contributed by atoms with Crippen LogP contribution in [0.25, 0.3) is 0 Å².